The van der Waals surface area contributed by atoms with Gasteiger partial charge in [0, 0.05) is 62.3 Å². The Labute approximate surface area is 170 Å². The third-order valence-electron chi connectivity index (χ3n) is 5.45. The van der Waals surface area contributed by atoms with Crippen molar-refractivity contribution in [1.29, 1.82) is 0 Å². The lowest BCUT2D eigenvalue weighted by Crippen LogP contribution is -2.52. The highest BCUT2D eigenvalue weighted by Gasteiger charge is 2.24. The Balaban J connectivity index is 1.75. The molecule has 0 radical (unpaired) electrons. The molecule has 0 atom stereocenters. The topological polar surface area (TPSA) is 57.0 Å². The summed E-state index contributed by atoms with van der Waals surface area (Å²) in [5.74, 6) is 0. The molecule has 1 aliphatic rings. The van der Waals surface area contributed by atoms with E-state index < -0.39 is 0 Å². The van der Waals surface area contributed by atoms with Gasteiger partial charge in [0.15, 0.2) is 0 Å². The van der Waals surface area contributed by atoms with E-state index in [0.29, 0.717) is 30.2 Å². The van der Waals surface area contributed by atoms with Crippen LogP contribution in [0.2, 0.25) is 5.02 Å². The van der Waals surface area contributed by atoms with Crippen molar-refractivity contribution in [3.8, 4) is 0 Å². The summed E-state index contributed by atoms with van der Waals surface area (Å²) in [5, 5.41) is 1.57. The number of amides is 2. The molecular weight excluding hydrogens is 378 g/mol. The van der Waals surface area contributed by atoms with Crippen LogP contribution in [0.3, 0.4) is 0 Å². The molecule has 2 heterocycles. The van der Waals surface area contributed by atoms with E-state index in [2.05, 4.69) is 4.90 Å². The average molecular weight is 406 g/mol. The van der Waals surface area contributed by atoms with Gasteiger partial charge in [0.2, 0.25) is 0 Å². The van der Waals surface area contributed by atoms with Gasteiger partial charge in [-0.1, -0.05) is 18.5 Å². The maximum absolute atomic E-state index is 12.5. The lowest BCUT2D eigenvalue weighted by Gasteiger charge is -2.37. The van der Waals surface area contributed by atoms with Crippen LogP contribution < -0.4 is 5.63 Å². The van der Waals surface area contributed by atoms with Gasteiger partial charge < -0.3 is 14.2 Å². The lowest BCUT2D eigenvalue weighted by molar-refractivity contribution is 0.112. The normalized spacial score (nSPS) is 15.2. The van der Waals surface area contributed by atoms with E-state index in [4.69, 9.17) is 16.0 Å². The molecule has 3 rings (SSSR count). The van der Waals surface area contributed by atoms with Gasteiger partial charge in [-0.2, -0.15) is 0 Å². The second-order valence-electron chi connectivity index (χ2n) is 7.10. The highest BCUT2D eigenvalue weighted by Crippen LogP contribution is 2.27. The molecule has 28 heavy (non-hydrogen) atoms. The summed E-state index contributed by atoms with van der Waals surface area (Å²) >= 11 is 6.39. The molecule has 0 saturated carbocycles. The molecule has 2 amide bonds. The molecule has 6 nitrogen and oxygen atoms in total. The summed E-state index contributed by atoms with van der Waals surface area (Å²) in [6.07, 6.45) is 0.783. The van der Waals surface area contributed by atoms with E-state index in [1.807, 2.05) is 42.7 Å². The van der Waals surface area contributed by atoms with E-state index >= 15 is 0 Å². The molecule has 1 saturated heterocycles. The molecule has 1 aromatic carbocycles. The molecular formula is C21H28ClN3O3. The monoisotopic (exact) mass is 405 g/mol. The largest absolute Gasteiger partial charge is 0.423 e. The molecule has 1 aliphatic heterocycles. The first-order chi connectivity index (χ1) is 13.5. The van der Waals surface area contributed by atoms with Gasteiger partial charge >= 0.3 is 11.7 Å². The summed E-state index contributed by atoms with van der Waals surface area (Å²) in [4.78, 5) is 30.6. The lowest BCUT2D eigenvalue weighted by atomic mass is 10.1. The Hall–Kier alpha value is -2.05. The van der Waals surface area contributed by atoms with Gasteiger partial charge in [0.05, 0.1) is 0 Å². The maximum Gasteiger partial charge on any atom is 0.336 e. The SMILES string of the molecule is CCc1cc2oc(=O)cc(CN3CCN(C(=O)N(CC)CC)CC3)c2cc1Cl. The van der Waals surface area contributed by atoms with E-state index in [1.54, 1.807) is 6.07 Å². The number of hydrogen-bond acceptors (Lipinski definition) is 4. The van der Waals surface area contributed by atoms with Crippen LogP contribution in [0.1, 0.15) is 31.9 Å². The van der Waals surface area contributed by atoms with E-state index in [9.17, 15) is 9.59 Å². The molecule has 152 valence electrons. The predicted molar refractivity (Wildman–Crippen MR) is 112 cm³/mol. The first kappa shape index (κ1) is 20.7. The molecule has 0 N–H and O–H groups in total. The number of piperazine rings is 1. The number of hydrogen-bond donors (Lipinski definition) is 0. The van der Waals surface area contributed by atoms with Gasteiger partial charge in [-0.25, -0.2) is 9.59 Å². The minimum atomic E-state index is -0.345. The fourth-order valence-corrected chi connectivity index (χ4v) is 4.02. The van der Waals surface area contributed by atoms with Gasteiger partial charge in [-0.3, -0.25) is 4.90 Å². The third kappa shape index (κ3) is 4.33. The Morgan fingerprint density at radius 2 is 1.75 bits per heavy atom. The third-order valence-corrected chi connectivity index (χ3v) is 5.80. The predicted octanol–water partition coefficient (Wildman–Crippen LogP) is 3.59. The fraction of sp³-hybridized carbons (Fsp3) is 0.524. The first-order valence-corrected chi connectivity index (χ1v) is 10.4. The van der Waals surface area contributed by atoms with Crippen molar-refractivity contribution in [2.75, 3.05) is 39.3 Å². The number of carbonyl (C=O) groups is 1. The number of nitrogens with zero attached hydrogens (tertiary/aromatic N) is 3. The molecule has 2 aromatic rings. The zero-order valence-electron chi connectivity index (χ0n) is 16.8. The van der Waals surface area contributed by atoms with E-state index in [0.717, 1.165) is 49.1 Å². The summed E-state index contributed by atoms with van der Waals surface area (Å²) in [7, 11) is 0. The van der Waals surface area contributed by atoms with Crippen molar-refractivity contribution in [3.63, 3.8) is 0 Å². The Bertz CT molecular complexity index is 900. The first-order valence-electron chi connectivity index (χ1n) is 9.98. The number of fused-ring (bicyclic) bond motifs is 1. The van der Waals surface area contributed by atoms with Gasteiger partial charge in [0.1, 0.15) is 5.58 Å². The van der Waals surface area contributed by atoms with Crippen LogP contribution in [0.25, 0.3) is 11.0 Å². The summed E-state index contributed by atoms with van der Waals surface area (Å²) in [5.41, 5.74) is 2.12. The minimum Gasteiger partial charge on any atom is -0.423 e. The van der Waals surface area contributed by atoms with Crippen LogP contribution in [0.4, 0.5) is 4.79 Å². The molecule has 1 fully saturated rings. The second kappa shape index (κ2) is 8.97. The molecule has 0 bridgehead atoms. The number of carbonyl (C=O) groups excluding carboxylic acids is 1. The molecule has 0 aliphatic carbocycles. The number of rotatable bonds is 5. The van der Waals surface area contributed by atoms with E-state index in [1.165, 1.54) is 0 Å². The quantitative estimate of drug-likeness (QED) is 0.713. The second-order valence-corrected chi connectivity index (χ2v) is 7.51. The Morgan fingerprint density at radius 3 is 2.36 bits per heavy atom. The van der Waals surface area contributed by atoms with Gasteiger partial charge in [-0.15, -0.1) is 0 Å². The van der Waals surface area contributed by atoms with Crippen molar-refractivity contribution in [2.24, 2.45) is 0 Å². The summed E-state index contributed by atoms with van der Waals surface area (Å²) in [6.45, 7) is 11.0. The van der Waals surface area contributed by atoms with Crippen molar-refractivity contribution >= 4 is 28.6 Å². The molecule has 7 heteroatoms. The van der Waals surface area contributed by atoms with Crippen molar-refractivity contribution < 1.29 is 9.21 Å². The number of aryl methyl sites for hydroxylation is 1. The van der Waals surface area contributed by atoms with Crippen molar-refractivity contribution in [3.05, 3.63) is 44.8 Å². The van der Waals surface area contributed by atoms with Crippen LogP contribution >= 0.6 is 11.6 Å². The standard InChI is InChI=1S/C21H28ClN3O3/c1-4-15-11-19-17(13-18(15)22)16(12-20(26)28-19)14-23-7-9-25(10-8-23)21(27)24(5-2)6-3/h11-13H,4-10,14H2,1-3H3. The highest BCUT2D eigenvalue weighted by molar-refractivity contribution is 6.32. The van der Waals surface area contributed by atoms with Crippen LogP contribution in [-0.4, -0.2) is 60.0 Å². The van der Waals surface area contributed by atoms with Crippen LogP contribution in [0.5, 0.6) is 0 Å². The molecule has 0 spiro atoms. The number of benzene rings is 1. The smallest absolute Gasteiger partial charge is 0.336 e. The van der Waals surface area contributed by atoms with Crippen LogP contribution in [0.15, 0.2) is 27.4 Å². The number of halogens is 1. The van der Waals surface area contributed by atoms with Gasteiger partial charge in [-0.05, 0) is 43.5 Å². The maximum atomic E-state index is 12.5. The Kier molecular flexibility index (Phi) is 6.62. The average Bonchev–Trinajstić information content (AvgIpc) is 2.69. The fourth-order valence-electron chi connectivity index (χ4n) is 3.72. The highest BCUT2D eigenvalue weighted by atomic mass is 35.5. The molecule has 0 unspecified atom stereocenters. The number of urea groups is 1. The summed E-state index contributed by atoms with van der Waals surface area (Å²) < 4.78 is 5.40. The van der Waals surface area contributed by atoms with Crippen LogP contribution in [-0.2, 0) is 13.0 Å². The van der Waals surface area contributed by atoms with E-state index in [-0.39, 0.29) is 11.7 Å². The van der Waals surface area contributed by atoms with Gasteiger partial charge in [0.25, 0.3) is 0 Å². The Morgan fingerprint density at radius 1 is 1.07 bits per heavy atom. The minimum absolute atomic E-state index is 0.106. The zero-order chi connectivity index (χ0) is 20.3. The molecule has 1 aromatic heterocycles. The van der Waals surface area contributed by atoms with Crippen LogP contribution in [0, 0.1) is 0 Å². The van der Waals surface area contributed by atoms with Crippen molar-refractivity contribution in [1.82, 2.24) is 14.7 Å². The van der Waals surface area contributed by atoms with Crippen molar-refractivity contribution in [2.45, 2.75) is 33.7 Å². The summed E-state index contributed by atoms with van der Waals surface area (Å²) in [6, 6.07) is 5.42. The zero-order valence-corrected chi connectivity index (χ0v) is 17.6.